The number of piperidine rings is 1. The van der Waals surface area contributed by atoms with E-state index >= 15 is 0 Å². The highest BCUT2D eigenvalue weighted by atomic mass is 32.1. The van der Waals surface area contributed by atoms with E-state index in [1.807, 2.05) is 7.05 Å². The van der Waals surface area contributed by atoms with Gasteiger partial charge in [-0.05, 0) is 63.2 Å². The standard InChI is InChI=1S/C18H24N2O3S/c1-19-7-6-13-9-20(11-18(13,10-19)17(22)23)16(21)15-8-12-4-2-3-5-14(12)24-15/h8,13H,2-7,9-11H2,1H3,(H,22,23)/t13-,18-/m0/s1. The van der Waals surface area contributed by atoms with E-state index in [1.54, 1.807) is 16.2 Å². The lowest BCUT2D eigenvalue weighted by Gasteiger charge is -2.39. The van der Waals surface area contributed by atoms with Crippen LogP contribution in [0.3, 0.4) is 0 Å². The maximum atomic E-state index is 13.0. The average molecular weight is 348 g/mol. The summed E-state index contributed by atoms with van der Waals surface area (Å²) >= 11 is 1.62. The molecule has 0 bridgehead atoms. The van der Waals surface area contributed by atoms with E-state index in [4.69, 9.17) is 0 Å². The third-order valence-electron chi connectivity index (χ3n) is 6.03. The molecule has 6 heteroatoms. The van der Waals surface area contributed by atoms with Crippen molar-refractivity contribution in [2.45, 2.75) is 32.1 Å². The number of carbonyl (C=O) groups excluding carboxylic acids is 1. The van der Waals surface area contributed by atoms with Gasteiger partial charge < -0.3 is 14.9 Å². The van der Waals surface area contributed by atoms with Crippen molar-refractivity contribution in [3.8, 4) is 0 Å². The van der Waals surface area contributed by atoms with Crippen molar-refractivity contribution in [3.05, 3.63) is 21.4 Å². The number of carboxylic acid groups (broad SMARTS) is 1. The molecule has 1 aromatic heterocycles. The number of rotatable bonds is 2. The predicted molar refractivity (Wildman–Crippen MR) is 92.5 cm³/mol. The molecule has 1 N–H and O–H groups in total. The van der Waals surface area contributed by atoms with Crippen LogP contribution < -0.4 is 0 Å². The minimum absolute atomic E-state index is 0.0343. The van der Waals surface area contributed by atoms with Crippen LogP contribution >= 0.6 is 11.3 Å². The molecule has 4 rings (SSSR count). The molecule has 0 saturated carbocycles. The molecule has 3 aliphatic rings. The van der Waals surface area contributed by atoms with E-state index in [0.29, 0.717) is 19.6 Å². The van der Waals surface area contributed by atoms with Gasteiger partial charge in [0, 0.05) is 24.5 Å². The summed E-state index contributed by atoms with van der Waals surface area (Å²) in [4.78, 5) is 31.0. The summed E-state index contributed by atoms with van der Waals surface area (Å²) in [5.74, 6) is -0.642. The van der Waals surface area contributed by atoms with Gasteiger partial charge in [0.15, 0.2) is 0 Å². The van der Waals surface area contributed by atoms with E-state index in [2.05, 4.69) is 11.0 Å². The lowest BCUT2D eigenvalue weighted by molar-refractivity contribution is -0.153. The smallest absolute Gasteiger partial charge is 0.313 e. The van der Waals surface area contributed by atoms with Crippen LogP contribution in [0.15, 0.2) is 6.07 Å². The number of thiophene rings is 1. The summed E-state index contributed by atoms with van der Waals surface area (Å²) in [5.41, 5.74) is 0.540. The highest BCUT2D eigenvalue weighted by molar-refractivity contribution is 7.14. The van der Waals surface area contributed by atoms with E-state index < -0.39 is 11.4 Å². The van der Waals surface area contributed by atoms with Crippen molar-refractivity contribution in [3.63, 3.8) is 0 Å². The van der Waals surface area contributed by atoms with Gasteiger partial charge in [-0.15, -0.1) is 11.3 Å². The van der Waals surface area contributed by atoms with Crippen molar-refractivity contribution >= 4 is 23.2 Å². The lowest BCUT2D eigenvalue weighted by atomic mass is 9.73. The number of fused-ring (bicyclic) bond motifs is 2. The van der Waals surface area contributed by atoms with Crippen LogP contribution in [0.4, 0.5) is 0 Å². The highest BCUT2D eigenvalue weighted by Gasteiger charge is 2.55. The van der Waals surface area contributed by atoms with Gasteiger partial charge in [-0.2, -0.15) is 0 Å². The minimum atomic E-state index is -0.792. The Bertz CT molecular complexity index is 662. The Hall–Kier alpha value is -1.40. The quantitative estimate of drug-likeness (QED) is 0.889. The molecule has 2 atom stereocenters. The summed E-state index contributed by atoms with van der Waals surface area (Å²) in [7, 11) is 1.97. The topological polar surface area (TPSA) is 60.9 Å². The molecule has 2 saturated heterocycles. The predicted octanol–water partition coefficient (Wildman–Crippen LogP) is 2.11. The minimum Gasteiger partial charge on any atom is -0.481 e. The SMILES string of the molecule is CN1CC[C@H]2CN(C(=O)c3cc4c(s3)CCCC4)C[C@@]2(C(=O)O)C1. The average Bonchev–Trinajstić information content (AvgIpc) is 3.15. The monoisotopic (exact) mass is 348 g/mol. The Labute approximate surface area is 146 Å². The van der Waals surface area contributed by atoms with Crippen molar-refractivity contribution in [2.24, 2.45) is 11.3 Å². The molecule has 1 aliphatic carbocycles. The first kappa shape index (κ1) is 16.1. The first-order valence-corrected chi connectivity index (χ1v) is 9.64. The highest BCUT2D eigenvalue weighted by Crippen LogP contribution is 2.43. The third kappa shape index (κ3) is 2.47. The van der Waals surface area contributed by atoms with Gasteiger partial charge >= 0.3 is 5.97 Å². The van der Waals surface area contributed by atoms with Gasteiger partial charge in [-0.1, -0.05) is 0 Å². The molecule has 1 amide bonds. The molecule has 0 unspecified atom stereocenters. The molecule has 0 radical (unpaired) electrons. The molecule has 0 spiro atoms. The first-order chi connectivity index (χ1) is 11.5. The summed E-state index contributed by atoms with van der Waals surface area (Å²) in [5, 5.41) is 9.86. The van der Waals surface area contributed by atoms with Crippen LogP contribution in [-0.4, -0.2) is 60.0 Å². The van der Waals surface area contributed by atoms with Gasteiger partial charge in [0.25, 0.3) is 5.91 Å². The zero-order chi connectivity index (χ0) is 16.9. The Morgan fingerprint density at radius 1 is 1.29 bits per heavy atom. The largest absolute Gasteiger partial charge is 0.481 e. The molecule has 1 aromatic rings. The molecule has 5 nitrogen and oxygen atoms in total. The van der Waals surface area contributed by atoms with Crippen LogP contribution in [0.1, 0.15) is 39.4 Å². The molecular formula is C18H24N2O3S. The summed E-state index contributed by atoms with van der Waals surface area (Å²) in [6, 6.07) is 2.06. The lowest BCUT2D eigenvalue weighted by Crippen LogP contribution is -2.52. The zero-order valence-corrected chi connectivity index (χ0v) is 14.9. The van der Waals surface area contributed by atoms with Crippen molar-refractivity contribution < 1.29 is 14.7 Å². The molecule has 130 valence electrons. The fraction of sp³-hybridized carbons (Fsp3) is 0.667. The van der Waals surface area contributed by atoms with Gasteiger partial charge in [0.1, 0.15) is 5.41 Å². The first-order valence-electron chi connectivity index (χ1n) is 8.82. The fourth-order valence-corrected chi connectivity index (χ4v) is 5.90. The second-order valence-electron chi connectivity index (χ2n) is 7.64. The van der Waals surface area contributed by atoms with Crippen LogP contribution in [0.25, 0.3) is 0 Å². The number of nitrogens with zero attached hydrogens (tertiary/aromatic N) is 2. The van der Waals surface area contributed by atoms with Crippen molar-refractivity contribution in [2.75, 3.05) is 33.2 Å². The fourth-order valence-electron chi connectivity index (χ4n) is 4.68. The number of amides is 1. The number of carboxylic acids is 1. The molecule has 2 fully saturated rings. The molecule has 24 heavy (non-hydrogen) atoms. The van der Waals surface area contributed by atoms with Gasteiger partial charge in [0.05, 0.1) is 4.88 Å². The molecule has 2 aliphatic heterocycles. The Morgan fingerprint density at radius 2 is 2.08 bits per heavy atom. The Balaban J connectivity index is 1.58. The van der Waals surface area contributed by atoms with Gasteiger partial charge in [0.2, 0.25) is 0 Å². The van der Waals surface area contributed by atoms with Crippen LogP contribution in [0, 0.1) is 11.3 Å². The summed E-state index contributed by atoms with van der Waals surface area (Å²) in [6.07, 6.45) is 5.43. The third-order valence-corrected chi connectivity index (χ3v) is 7.25. The number of likely N-dealkylation sites (tertiary alicyclic amines) is 2. The van der Waals surface area contributed by atoms with E-state index in [-0.39, 0.29) is 11.8 Å². The number of aliphatic carboxylic acids is 1. The second-order valence-corrected chi connectivity index (χ2v) is 8.77. The van der Waals surface area contributed by atoms with E-state index in [9.17, 15) is 14.7 Å². The number of aryl methyl sites for hydroxylation is 2. The number of hydrogen-bond acceptors (Lipinski definition) is 4. The van der Waals surface area contributed by atoms with E-state index in [0.717, 1.165) is 30.7 Å². The molecule has 0 aromatic carbocycles. The van der Waals surface area contributed by atoms with Crippen molar-refractivity contribution in [1.29, 1.82) is 0 Å². The maximum absolute atomic E-state index is 13.0. The van der Waals surface area contributed by atoms with Crippen LogP contribution in [0.2, 0.25) is 0 Å². The summed E-state index contributed by atoms with van der Waals surface area (Å²) < 4.78 is 0. The maximum Gasteiger partial charge on any atom is 0.313 e. The van der Waals surface area contributed by atoms with Gasteiger partial charge in [-0.25, -0.2) is 0 Å². The molecular weight excluding hydrogens is 324 g/mol. The number of carbonyl (C=O) groups is 2. The van der Waals surface area contributed by atoms with Crippen molar-refractivity contribution in [1.82, 2.24) is 9.80 Å². The van der Waals surface area contributed by atoms with E-state index in [1.165, 1.54) is 23.3 Å². The van der Waals surface area contributed by atoms with Crippen LogP contribution in [0.5, 0.6) is 0 Å². The van der Waals surface area contributed by atoms with Crippen LogP contribution in [-0.2, 0) is 17.6 Å². The second kappa shape index (κ2) is 5.85. The Morgan fingerprint density at radius 3 is 2.83 bits per heavy atom. The summed E-state index contributed by atoms with van der Waals surface area (Å²) in [6.45, 7) is 2.38. The zero-order valence-electron chi connectivity index (χ0n) is 14.1. The number of hydrogen-bond donors (Lipinski definition) is 1. The Kier molecular flexibility index (Phi) is 3.92. The molecule has 3 heterocycles. The normalized spacial score (nSPS) is 30.0. The van der Waals surface area contributed by atoms with Gasteiger partial charge in [-0.3, -0.25) is 9.59 Å².